The van der Waals surface area contributed by atoms with Gasteiger partial charge in [0.05, 0.1) is 0 Å². The molecule has 0 aromatic rings. The monoisotopic (exact) mass is 258 g/mol. The number of nitrogens with zero attached hydrogens (tertiary/aromatic N) is 1. The summed E-state index contributed by atoms with van der Waals surface area (Å²) in [6.07, 6.45) is 1.75. The molecule has 3 N–H and O–H groups in total. The van der Waals surface area contributed by atoms with Gasteiger partial charge in [-0.25, -0.2) is 4.79 Å². The van der Waals surface area contributed by atoms with Crippen LogP contribution in [0, 0.1) is 0 Å². The van der Waals surface area contributed by atoms with Crippen molar-refractivity contribution in [2.75, 3.05) is 6.54 Å². The van der Waals surface area contributed by atoms with E-state index in [4.69, 9.17) is 10.8 Å². The van der Waals surface area contributed by atoms with Crippen molar-refractivity contribution in [1.29, 1.82) is 0 Å². The molecule has 0 fully saturated rings. The van der Waals surface area contributed by atoms with E-state index in [0.717, 1.165) is 4.90 Å². The number of amides is 2. The van der Waals surface area contributed by atoms with E-state index in [1.165, 1.54) is 0 Å². The summed E-state index contributed by atoms with van der Waals surface area (Å²) in [6, 6.07) is -1.07. The topological polar surface area (TPSA) is 101 Å². The van der Waals surface area contributed by atoms with Crippen LogP contribution in [0.2, 0.25) is 0 Å². The van der Waals surface area contributed by atoms with Gasteiger partial charge in [-0.3, -0.25) is 14.5 Å². The van der Waals surface area contributed by atoms with E-state index >= 15 is 0 Å². The molecule has 18 heavy (non-hydrogen) atoms. The van der Waals surface area contributed by atoms with Gasteiger partial charge in [-0.2, -0.15) is 0 Å². The standard InChI is InChI=1S/C12H22N2O4/c1-3-10(15)14(11(16)4-2)9(12(17)18)7-5-6-8-13/h9H,3-8,13H2,1-2H3,(H,17,18)/t9-/m0/s1. The van der Waals surface area contributed by atoms with E-state index in [1.807, 2.05) is 0 Å². The summed E-state index contributed by atoms with van der Waals surface area (Å²) in [7, 11) is 0. The zero-order chi connectivity index (χ0) is 14.1. The van der Waals surface area contributed by atoms with Crippen LogP contribution in [-0.2, 0) is 14.4 Å². The second kappa shape index (κ2) is 8.63. The van der Waals surface area contributed by atoms with Gasteiger partial charge in [0.1, 0.15) is 6.04 Å². The Hall–Kier alpha value is -1.43. The van der Waals surface area contributed by atoms with Crippen LogP contribution in [0.25, 0.3) is 0 Å². The van der Waals surface area contributed by atoms with Gasteiger partial charge in [-0.05, 0) is 25.8 Å². The third kappa shape index (κ3) is 4.83. The summed E-state index contributed by atoms with van der Waals surface area (Å²) in [5, 5.41) is 9.15. The van der Waals surface area contributed by atoms with Gasteiger partial charge in [0.15, 0.2) is 0 Å². The number of carbonyl (C=O) groups is 3. The Bertz CT molecular complexity index is 288. The number of unbranched alkanes of at least 4 members (excludes halogenated alkanes) is 1. The Labute approximate surface area is 107 Å². The molecule has 0 radical (unpaired) electrons. The van der Waals surface area contributed by atoms with Crippen molar-refractivity contribution in [3.8, 4) is 0 Å². The highest BCUT2D eigenvalue weighted by Crippen LogP contribution is 2.13. The average Bonchev–Trinajstić information content (AvgIpc) is 2.36. The third-order valence-electron chi connectivity index (χ3n) is 2.67. The van der Waals surface area contributed by atoms with E-state index in [1.54, 1.807) is 13.8 Å². The molecule has 0 aliphatic heterocycles. The molecule has 2 amide bonds. The van der Waals surface area contributed by atoms with Crippen LogP contribution in [0.3, 0.4) is 0 Å². The van der Waals surface area contributed by atoms with E-state index in [-0.39, 0.29) is 19.3 Å². The maximum atomic E-state index is 11.7. The van der Waals surface area contributed by atoms with Crippen molar-refractivity contribution >= 4 is 17.8 Å². The van der Waals surface area contributed by atoms with Crippen molar-refractivity contribution < 1.29 is 19.5 Å². The smallest absolute Gasteiger partial charge is 0.326 e. The zero-order valence-corrected chi connectivity index (χ0v) is 11.0. The maximum Gasteiger partial charge on any atom is 0.326 e. The van der Waals surface area contributed by atoms with Gasteiger partial charge in [0.2, 0.25) is 11.8 Å². The first-order valence-electron chi connectivity index (χ1n) is 6.27. The van der Waals surface area contributed by atoms with Gasteiger partial charge >= 0.3 is 5.97 Å². The molecule has 1 atom stereocenters. The van der Waals surface area contributed by atoms with Crippen LogP contribution < -0.4 is 5.73 Å². The molecule has 0 unspecified atom stereocenters. The predicted molar refractivity (Wildman–Crippen MR) is 66.8 cm³/mol. The third-order valence-corrected chi connectivity index (χ3v) is 2.67. The van der Waals surface area contributed by atoms with Crippen LogP contribution in [0.15, 0.2) is 0 Å². The van der Waals surface area contributed by atoms with E-state index in [9.17, 15) is 14.4 Å². The Morgan fingerprint density at radius 3 is 1.94 bits per heavy atom. The van der Waals surface area contributed by atoms with Gasteiger partial charge in [-0.1, -0.05) is 13.8 Å². The molecule has 104 valence electrons. The minimum Gasteiger partial charge on any atom is -0.480 e. The number of carboxylic acids is 1. The molecule has 0 rings (SSSR count). The molecule has 6 heteroatoms. The molecule has 0 heterocycles. The first kappa shape index (κ1) is 16.6. The maximum absolute atomic E-state index is 11.7. The van der Waals surface area contributed by atoms with Crippen LogP contribution in [-0.4, -0.2) is 40.4 Å². The fourth-order valence-corrected chi connectivity index (χ4v) is 1.67. The molecular formula is C12H22N2O4. The lowest BCUT2D eigenvalue weighted by atomic mass is 10.1. The van der Waals surface area contributed by atoms with Crippen molar-refractivity contribution in [2.24, 2.45) is 5.73 Å². The van der Waals surface area contributed by atoms with Crippen molar-refractivity contribution in [1.82, 2.24) is 4.90 Å². The normalized spacial score (nSPS) is 11.9. The molecule has 0 aliphatic carbocycles. The second-order valence-corrected chi connectivity index (χ2v) is 4.00. The zero-order valence-electron chi connectivity index (χ0n) is 11.0. The van der Waals surface area contributed by atoms with Crippen molar-refractivity contribution in [3.05, 3.63) is 0 Å². The van der Waals surface area contributed by atoms with Gasteiger partial charge < -0.3 is 10.8 Å². The molecule has 0 aromatic carbocycles. The second-order valence-electron chi connectivity index (χ2n) is 4.00. The number of hydrogen-bond donors (Lipinski definition) is 2. The lowest BCUT2D eigenvalue weighted by Crippen LogP contribution is -2.48. The largest absolute Gasteiger partial charge is 0.480 e. The summed E-state index contributed by atoms with van der Waals surface area (Å²) >= 11 is 0. The van der Waals surface area contributed by atoms with E-state index in [2.05, 4.69) is 0 Å². The lowest BCUT2D eigenvalue weighted by Gasteiger charge is -2.26. The van der Waals surface area contributed by atoms with Crippen molar-refractivity contribution in [2.45, 2.75) is 52.0 Å². The summed E-state index contributed by atoms with van der Waals surface area (Å²) in [6.45, 7) is 3.68. The van der Waals surface area contributed by atoms with Crippen LogP contribution in [0.1, 0.15) is 46.0 Å². The highest BCUT2D eigenvalue weighted by atomic mass is 16.4. The number of hydrogen-bond acceptors (Lipinski definition) is 4. The number of nitrogens with two attached hydrogens (primary N) is 1. The van der Waals surface area contributed by atoms with Gasteiger partial charge in [0.25, 0.3) is 0 Å². The lowest BCUT2D eigenvalue weighted by molar-refractivity contribution is -0.158. The number of carbonyl (C=O) groups excluding carboxylic acids is 2. The van der Waals surface area contributed by atoms with E-state index < -0.39 is 23.8 Å². The summed E-state index contributed by atoms with van der Waals surface area (Å²) in [4.78, 5) is 35.5. The highest BCUT2D eigenvalue weighted by molar-refractivity contribution is 5.99. The Morgan fingerprint density at radius 1 is 1.11 bits per heavy atom. The van der Waals surface area contributed by atoms with Crippen molar-refractivity contribution in [3.63, 3.8) is 0 Å². The molecule has 0 bridgehead atoms. The predicted octanol–water partition coefficient (Wildman–Crippen LogP) is 0.744. The summed E-state index contributed by atoms with van der Waals surface area (Å²) < 4.78 is 0. The number of aliphatic carboxylic acids is 1. The molecule has 0 saturated heterocycles. The van der Waals surface area contributed by atoms with Crippen LogP contribution >= 0.6 is 0 Å². The van der Waals surface area contributed by atoms with Crippen LogP contribution in [0.4, 0.5) is 0 Å². The summed E-state index contributed by atoms with van der Waals surface area (Å²) in [5.74, 6) is -2.03. The van der Waals surface area contributed by atoms with Gasteiger partial charge in [-0.15, -0.1) is 0 Å². The number of imide groups is 1. The molecular weight excluding hydrogens is 236 g/mol. The number of rotatable bonds is 8. The molecule has 0 aliphatic rings. The Morgan fingerprint density at radius 2 is 1.61 bits per heavy atom. The van der Waals surface area contributed by atoms with Crippen LogP contribution in [0.5, 0.6) is 0 Å². The Balaban J connectivity index is 4.91. The SMILES string of the molecule is CCC(=O)N(C(=O)CC)[C@@H](CCCCN)C(=O)O. The molecule has 0 aromatic heterocycles. The van der Waals surface area contributed by atoms with E-state index in [0.29, 0.717) is 19.4 Å². The first-order chi connectivity index (χ1) is 8.49. The minimum absolute atomic E-state index is 0.117. The quantitative estimate of drug-likeness (QED) is 0.625. The fourth-order valence-electron chi connectivity index (χ4n) is 1.67. The average molecular weight is 258 g/mol. The fraction of sp³-hybridized carbons (Fsp3) is 0.750. The first-order valence-corrected chi connectivity index (χ1v) is 6.27. The Kier molecular flexibility index (Phi) is 7.94. The van der Waals surface area contributed by atoms with Gasteiger partial charge in [0, 0.05) is 12.8 Å². The number of carboxylic acid groups (broad SMARTS) is 1. The summed E-state index contributed by atoms with van der Waals surface area (Å²) in [5.41, 5.74) is 5.34. The molecule has 6 nitrogen and oxygen atoms in total. The highest BCUT2D eigenvalue weighted by Gasteiger charge is 2.32. The molecule has 0 saturated carbocycles. The minimum atomic E-state index is -1.14. The molecule has 0 spiro atoms.